The van der Waals surface area contributed by atoms with Gasteiger partial charge in [0.05, 0.1) is 10.6 Å². The quantitative estimate of drug-likeness (QED) is 0.436. The Kier molecular flexibility index (Phi) is 6.93. The van der Waals surface area contributed by atoms with E-state index in [1.165, 1.54) is 22.0 Å². The molecule has 11 heteroatoms. The predicted molar refractivity (Wildman–Crippen MR) is 129 cm³/mol. The minimum absolute atomic E-state index is 0.0601. The number of hydrogen-bond acceptors (Lipinski definition) is 6. The Labute approximate surface area is 205 Å². The van der Waals surface area contributed by atoms with E-state index < -0.39 is 23.6 Å². The molecule has 3 aromatic rings. The smallest absolute Gasteiger partial charge is 0.349 e. The van der Waals surface area contributed by atoms with Crippen molar-refractivity contribution in [3.63, 3.8) is 0 Å². The maximum absolute atomic E-state index is 13.7. The van der Waals surface area contributed by atoms with E-state index in [1.807, 2.05) is 20.8 Å². The number of rotatable bonds is 5. The van der Waals surface area contributed by atoms with Gasteiger partial charge in [0.1, 0.15) is 16.2 Å². The number of nitrogens with zero attached hydrogens (tertiary/aromatic N) is 5. The van der Waals surface area contributed by atoms with Crippen molar-refractivity contribution in [3.05, 3.63) is 50.6 Å². The number of aromatic nitrogens is 3. The SMILES string of the molecule is CC[C@H]1CN(C(C)c2ccc(F)cc2C(F)(F)F)[C@H](CC)CN1c1nc(=O)n(C)c2sc(C)nc12. The maximum atomic E-state index is 13.7. The van der Waals surface area contributed by atoms with E-state index in [2.05, 4.69) is 19.8 Å². The topological polar surface area (TPSA) is 54.3 Å². The number of fused-ring (bicyclic) bond motifs is 1. The fourth-order valence-corrected chi connectivity index (χ4v) is 5.90. The molecule has 1 unspecified atom stereocenters. The second kappa shape index (κ2) is 9.50. The minimum atomic E-state index is -4.65. The highest BCUT2D eigenvalue weighted by Crippen LogP contribution is 2.39. The number of hydrogen-bond donors (Lipinski definition) is 0. The first-order valence-corrected chi connectivity index (χ1v) is 12.5. The van der Waals surface area contributed by atoms with Crippen LogP contribution in [-0.4, -0.2) is 44.6 Å². The normalized spacial score (nSPS) is 20.5. The fourth-order valence-electron chi connectivity index (χ4n) is 5.03. The molecule has 3 heterocycles. The van der Waals surface area contributed by atoms with Crippen molar-refractivity contribution in [2.45, 2.75) is 64.8 Å². The van der Waals surface area contributed by atoms with E-state index in [0.29, 0.717) is 43.3 Å². The average Bonchev–Trinajstić information content (AvgIpc) is 3.21. The third kappa shape index (κ3) is 4.67. The van der Waals surface area contributed by atoms with Gasteiger partial charge in [0.15, 0.2) is 5.82 Å². The third-order valence-electron chi connectivity index (χ3n) is 6.94. The molecule has 1 fully saturated rings. The Bertz CT molecular complexity index is 1290. The lowest BCUT2D eigenvalue weighted by atomic mass is 9.94. The molecular formula is C24H29F4N5OS. The summed E-state index contributed by atoms with van der Waals surface area (Å²) in [4.78, 5) is 26.5. The second-order valence-corrected chi connectivity index (χ2v) is 10.2. The molecule has 0 bridgehead atoms. The summed E-state index contributed by atoms with van der Waals surface area (Å²) in [6, 6.07) is 2.14. The lowest BCUT2D eigenvalue weighted by Gasteiger charge is -2.49. The number of piperazine rings is 1. The van der Waals surface area contributed by atoms with Crippen LogP contribution in [0.2, 0.25) is 0 Å². The molecule has 1 aliphatic heterocycles. The van der Waals surface area contributed by atoms with Gasteiger partial charge in [-0.1, -0.05) is 19.9 Å². The summed E-state index contributed by atoms with van der Waals surface area (Å²) in [7, 11) is 1.67. The number of thiazole rings is 1. The lowest BCUT2D eigenvalue weighted by molar-refractivity contribution is -0.139. The molecule has 0 N–H and O–H groups in total. The Balaban J connectivity index is 1.74. The lowest BCUT2D eigenvalue weighted by Crippen LogP contribution is -2.59. The molecule has 2 aromatic heterocycles. The van der Waals surface area contributed by atoms with Crippen molar-refractivity contribution >= 4 is 27.5 Å². The van der Waals surface area contributed by atoms with Gasteiger partial charge in [-0.05, 0) is 44.4 Å². The molecule has 6 nitrogen and oxygen atoms in total. The van der Waals surface area contributed by atoms with Gasteiger partial charge in [-0.15, -0.1) is 11.3 Å². The van der Waals surface area contributed by atoms with Crippen LogP contribution in [0.1, 0.15) is 55.8 Å². The Morgan fingerprint density at radius 1 is 1.14 bits per heavy atom. The second-order valence-electron chi connectivity index (χ2n) is 9.04. The number of alkyl halides is 3. The van der Waals surface area contributed by atoms with Crippen LogP contribution in [0.5, 0.6) is 0 Å². The van der Waals surface area contributed by atoms with Crippen LogP contribution in [0.25, 0.3) is 10.3 Å². The third-order valence-corrected chi connectivity index (χ3v) is 7.99. The van der Waals surface area contributed by atoms with Crippen molar-refractivity contribution in [3.8, 4) is 0 Å². The highest BCUT2D eigenvalue weighted by molar-refractivity contribution is 7.18. The summed E-state index contributed by atoms with van der Waals surface area (Å²) in [5.41, 5.74) is -0.577. The molecule has 0 saturated carbocycles. The highest BCUT2D eigenvalue weighted by Gasteiger charge is 2.40. The Morgan fingerprint density at radius 2 is 1.83 bits per heavy atom. The van der Waals surface area contributed by atoms with E-state index >= 15 is 0 Å². The average molecular weight is 512 g/mol. The van der Waals surface area contributed by atoms with Gasteiger partial charge < -0.3 is 4.90 Å². The van der Waals surface area contributed by atoms with E-state index in [9.17, 15) is 22.4 Å². The van der Waals surface area contributed by atoms with Crippen LogP contribution >= 0.6 is 11.3 Å². The van der Waals surface area contributed by atoms with Crippen LogP contribution < -0.4 is 10.6 Å². The van der Waals surface area contributed by atoms with Crippen LogP contribution in [0.15, 0.2) is 23.0 Å². The van der Waals surface area contributed by atoms with Crippen LogP contribution in [0, 0.1) is 12.7 Å². The first-order chi connectivity index (χ1) is 16.5. The van der Waals surface area contributed by atoms with Crippen LogP contribution in [0.3, 0.4) is 0 Å². The molecule has 35 heavy (non-hydrogen) atoms. The van der Waals surface area contributed by atoms with Gasteiger partial charge in [0.2, 0.25) is 0 Å². The zero-order valence-corrected chi connectivity index (χ0v) is 21.2. The van der Waals surface area contributed by atoms with Crippen molar-refractivity contribution < 1.29 is 17.6 Å². The van der Waals surface area contributed by atoms with E-state index in [0.717, 1.165) is 15.9 Å². The fraction of sp³-hybridized carbons (Fsp3) is 0.542. The zero-order chi connectivity index (χ0) is 25.7. The van der Waals surface area contributed by atoms with Gasteiger partial charge in [-0.25, -0.2) is 14.2 Å². The summed E-state index contributed by atoms with van der Waals surface area (Å²) >= 11 is 1.43. The van der Waals surface area contributed by atoms with E-state index in [4.69, 9.17) is 0 Å². The number of anilines is 1. The number of halogens is 4. The molecule has 0 aliphatic carbocycles. The van der Waals surface area contributed by atoms with Crippen molar-refractivity contribution in [2.24, 2.45) is 7.05 Å². The molecule has 1 saturated heterocycles. The first kappa shape index (κ1) is 25.6. The molecule has 4 rings (SSSR count). The van der Waals surface area contributed by atoms with Crippen molar-refractivity contribution in [1.29, 1.82) is 0 Å². The maximum Gasteiger partial charge on any atom is 0.416 e. The molecule has 3 atom stereocenters. The van der Waals surface area contributed by atoms with Gasteiger partial charge in [0.25, 0.3) is 0 Å². The zero-order valence-electron chi connectivity index (χ0n) is 20.4. The van der Waals surface area contributed by atoms with E-state index in [-0.39, 0.29) is 23.3 Å². The van der Waals surface area contributed by atoms with Gasteiger partial charge >= 0.3 is 11.9 Å². The van der Waals surface area contributed by atoms with Crippen molar-refractivity contribution in [1.82, 2.24) is 19.4 Å². The Hall–Kier alpha value is -2.53. The predicted octanol–water partition coefficient (Wildman–Crippen LogP) is 5.30. The first-order valence-electron chi connectivity index (χ1n) is 11.7. The minimum Gasteiger partial charge on any atom is -0.349 e. The highest BCUT2D eigenvalue weighted by atomic mass is 32.1. The van der Waals surface area contributed by atoms with Gasteiger partial charge in [-0.2, -0.15) is 18.2 Å². The molecular weight excluding hydrogens is 482 g/mol. The van der Waals surface area contributed by atoms with E-state index in [1.54, 1.807) is 14.0 Å². The molecule has 0 radical (unpaired) electrons. The summed E-state index contributed by atoms with van der Waals surface area (Å²) in [6.45, 7) is 8.60. The molecule has 190 valence electrons. The molecule has 0 amide bonds. The molecule has 1 aromatic carbocycles. The van der Waals surface area contributed by atoms with Gasteiger partial charge in [0, 0.05) is 38.3 Å². The van der Waals surface area contributed by atoms with Crippen LogP contribution in [-0.2, 0) is 13.2 Å². The van der Waals surface area contributed by atoms with Crippen LogP contribution in [0.4, 0.5) is 23.4 Å². The van der Waals surface area contributed by atoms with Crippen molar-refractivity contribution in [2.75, 3.05) is 18.0 Å². The standard InChI is InChI=1S/C24H29F4N5OS/c1-6-16-12-33(21-20-22(35-14(4)29-20)31(5)23(34)30-21)17(7-2)11-32(16)13(3)18-9-8-15(25)10-19(18)24(26,27)28/h8-10,13,16-17H,6-7,11-12H2,1-5H3/t13?,16-,17+/m1/s1. The summed E-state index contributed by atoms with van der Waals surface area (Å²) in [6.07, 6.45) is -3.26. The summed E-state index contributed by atoms with van der Waals surface area (Å²) in [5.74, 6) is -0.376. The summed E-state index contributed by atoms with van der Waals surface area (Å²) < 4.78 is 56.4. The molecule has 0 spiro atoms. The Morgan fingerprint density at radius 3 is 2.46 bits per heavy atom. The largest absolute Gasteiger partial charge is 0.416 e. The van der Waals surface area contributed by atoms with Gasteiger partial charge in [-0.3, -0.25) is 9.47 Å². The number of benzene rings is 1. The number of aryl methyl sites for hydroxylation is 2. The summed E-state index contributed by atoms with van der Waals surface area (Å²) in [5, 5.41) is 0.826. The monoisotopic (exact) mass is 511 g/mol. The molecule has 1 aliphatic rings.